The molecule has 2 N–H and O–H groups in total. The molecule has 2 atom stereocenters. The number of hydrogen-bond donors (Lipinski definition) is 4. The fourth-order valence-electron chi connectivity index (χ4n) is 3.22. The van der Waals surface area contributed by atoms with Crippen LogP contribution in [-0.4, -0.2) is 42.5 Å². The summed E-state index contributed by atoms with van der Waals surface area (Å²) in [6.45, 7) is 2.40. The van der Waals surface area contributed by atoms with Gasteiger partial charge in [0.15, 0.2) is 0 Å². The molecule has 0 radical (unpaired) electrons. The van der Waals surface area contributed by atoms with Gasteiger partial charge in [0.1, 0.15) is 0 Å². The standard InChI is InChI=1S/C17H37Cl3O3S2Si2/c1-2-16(8-5-7-13-25)15-27(21,22)23-11-10-17(14-26(18,19)20)9-4-3-6-12-24/h16-17,21-22,24-25H,2-15H2,1H3. The molecule has 0 amide bonds. The molecule has 3 nitrogen and oxygen atoms in total. The molecule has 10 heteroatoms. The average molecular weight is 516 g/mol. The van der Waals surface area contributed by atoms with Crippen LogP contribution in [0.2, 0.25) is 12.1 Å². The first-order chi connectivity index (χ1) is 12.6. The Balaban J connectivity index is 4.37. The Morgan fingerprint density at radius 1 is 0.815 bits per heavy atom. The Labute approximate surface area is 193 Å². The van der Waals surface area contributed by atoms with E-state index in [0.29, 0.717) is 25.1 Å². The summed E-state index contributed by atoms with van der Waals surface area (Å²) in [4.78, 5) is 20.7. The van der Waals surface area contributed by atoms with E-state index in [1.54, 1.807) is 0 Å². The van der Waals surface area contributed by atoms with Gasteiger partial charge in [0.25, 0.3) is 0 Å². The molecule has 0 saturated heterocycles. The van der Waals surface area contributed by atoms with Crippen molar-refractivity contribution in [2.45, 2.75) is 76.8 Å². The maximum atomic E-state index is 10.3. The summed E-state index contributed by atoms with van der Waals surface area (Å²) in [6, 6.07) is -1.75. The second-order valence-corrected chi connectivity index (χ2v) is 19.6. The first kappa shape index (κ1) is 28.9. The van der Waals surface area contributed by atoms with Crippen molar-refractivity contribution in [3.05, 3.63) is 0 Å². The van der Waals surface area contributed by atoms with Gasteiger partial charge in [-0.05, 0) is 48.6 Å². The minimum Gasteiger partial charge on any atom is -0.390 e. The predicted molar refractivity (Wildman–Crippen MR) is 131 cm³/mol. The van der Waals surface area contributed by atoms with E-state index in [2.05, 4.69) is 32.2 Å². The van der Waals surface area contributed by atoms with Crippen molar-refractivity contribution in [2.24, 2.45) is 11.8 Å². The Bertz CT molecular complexity index is 365. The summed E-state index contributed by atoms with van der Waals surface area (Å²) in [5.74, 6) is 2.31. The largest absolute Gasteiger partial charge is 0.495 e. The maximum absolute atomic E-state index is 10.3. The molecule has 2 unspecified atom stereocenters. The van der Waals surface area contributed by atoms with E-state index >= 15 is 0 Å². The van der Waals surface area contributed by atoms with Gasteiger partial charge in [0.2, 0.25) is 0 Å². The number of hydrogen-bond acceptors (Lipinski definition) is 5. The molecule has 0 saturated carbocycles. The third-order valence-electron chi connectivity index (χ3n) is 4.80. The van der Waals surface area contributed by atoms with Crippen LogP contribution >= 0.6 is 58.5 Å². The fourth-order valence-corrected chi connectivity index (χ4v) is 8.50. The summed E-state index contributed by atoms with van der Waals surface area (Å²) in [5.41, 5.74) is 0. The minimum absolute atomic E-state index is 0.256. The summed E-state index contributed by atoms with van der Waals surface area (Å²) in [6.07, 6.45) is 9.00. The molecule has 0 heterocycles. The summed E-state index contributed by atoms with van der Waals surface area (Å²) < 4.78 is 5.55. The van der Waals surface area contributed by atoms with E-state index in [0.717, 1.165) is 62.9 Å². The van der Waals surface area contributed by atoms with E-state index in [1.165, 1.54) is 0 Å². The van der Waals surface area contributed by atoms with Crippen LogP contribution in [0.25, 0.3) is 0 Å². The smallest absolute Gasteiger partial charge is 0.390 e. The van der Waals surface area contributed by atoms with Crippen LogP contribution < -0.4 is 0 Å². The normalized spacial score (nSPS) is 15.1. The van der Waals surface area contributed by atoms with Gasteiger partial charge in [-0.25, -0.2) is 0 Å². The van der Waals surface area contributed by atoms with Crippen molar-refractivity contribution in [3.63, 3.8) is 0 Å². The molecule has 0 aromatic rings. The Kier molecular flexibility index (Phi) is 17.7. The van der Waals surface area contributed by atoms with Crippen molar-refractivity contribution in [3.8, 4) is 0 Å². The molecule has 0 aliphatic rings. The summed E-state index contributed by atoms with van der Waals surface area (Å²) >= 11 is 26.8. The van der Waals surface area contributed by atoms with Crippen LogP contribution in [0.1, 0.15) is 64.7 Å². The Morgan fingerprint density at radius 2 is 1.37 bits per heavy atom. The molecule has 0 aromatic carbocycles. The van der Waals surface area contributed by atoms with E-state index < -0.39 is 14.8 Å². The van der Waals surface area contributed by atoms with Gasteiger partial charge >= 0.3 is 14.8 Å². The van der Waals surface area contributed by atoms with Crippen LogP contribution in [0.15, 0.2) is 0 Å². The third kappa shape index (κ3) is 18.4. The topological polar surface area (TPSA) is 49.7 Å². The van der Waals surface area contributed by atoms with E-state index in [1.807, 2.05) is 0 Å². The van der Waals surface area contributed by atoms with Gasteiger partial charge in [0, 0.05) is 12.7 Å². The van der Waals surface area contributed by atoms with Crippen LogP contribution in [0.4, 0.5) is 0 Å². The van der Waals surface area contributed by atoms with Crippen LogP contribution in [0.3, 0.4) is 0 Å². The van der Waals surface area contributed by atoms with Crippen molar-refractivity contribution in [1.82, 2.24) is 0 Å². The van der Waals surface area contributed by atoms with Crippen LogP contribution in [0, 0.1) is 11.8 Å². The van der Waals surface area contributed by atoms with Crippen molar-refractivity contribution in [1.29, 1.82) is 0 Å². The molecular formula is C17H37Cl3O3S2Si2. The third-order valence-corrected chi connectivity index (χ3v) is 9.64. The molecule has 0 aliphatic heterocycles. The minimum atomic E-state index is -3.63. The molecule has 0 fully saturated rings. The van der Waals surface area contributed by atoms with Gasteiger partial charge in [-0.15, -0.1) is 33.2 Å². The lowest BCUT2D eigenvalue weighted by Crippen LogP contribution is -2.41. The molecule has 0 spiro atoms. The first-order valence-corrected chi connectivity index (χ1v) is 18.5. The van der Waals surface area contributed by atoms with E-state index in [4.69, 9.17) is 37.7 Å². The predicted octanol–water partition coefficient (Wildman–Crippen LogP) is 6.20. The van der Waals surface area contributed by atoms with Crippen LogP contribution in [0.5, 0.6) is 0 Å². The lowest BCUT2D eigenvalue weighted by Gasteiger charge is -2.25. The number of thiol groups is 2. The van der Waals surface area contributed by atoms with E-state index in [9.17, 15) is 9.59 Å². The van der Waals surface area contributed by atoms with Gasteiger partial charge in [-0.1, -0.05) is 45.4 Å². The molecule has 0 rings (SSSR count). The average Bonchev–Trinajstić information content (AvgIpc) is 2.56. The SMILES string of the molecule is CCC(CCCCS)C[Si](O)(O)OCCC(CCCCCS)C[Si](Cl)(Cl)Cl. The fraction of sp³-hybridized carbons (Fsp3) is 1.00. The molecule has 27 heavy (non-hydrogen) atoms. The Hall–Kier alpha value is 1.88. The van der Waals surface area contributed by atoms with Gasteiger partial charge < -0.3 is 14.0 Å². The number of halogens is 3. The lowest BCUT2D eigenvalue weighted by molar-refractivity contribution is 0.131. The molecule has 0 aliphatic carbocycles. The van der Waals surface area contributed by atoms with Crippen molar-refractivity contribution < 1.29 is 14.0 Å². The monoisotopic (exact) mass is 514 g/mol. The number of rotatable bonds is 18. The van der Waals surface area contributed by atoms with Crippen molar-refractivity contribution >= 4 is 73.3 Å². The number of unbranched alkanes of at least 4 members (excludes halogenated alkanes) is 3. The highest BCUT2D eigenvalue weighted by Crippen LogP contribution is 2.33. The molecular weight excluding hydrogens is 479 g/mol. The van der Waals surface area contributed by atoms with Gasteiger partial charge in [0.05, 0.1) is 0 Å². The van der Waals surface area contributed by atoms with Gasteiger partial charge in [-0.2, -0.15) is 25.3 Å². The quantitative estimate of drug-likeness (QED) is 0.0760. The highest BCUT2D eigenvalue weighted by Gasteiger charge is 2.36. The van der Waals surface area contributed by atoms with Crippen LogP contribution in [-0.2, 0) is 4.43 Å². The lowest BCUT2D eigenvalue weighted by atomic mass is 10.0. The molecule has 0 aromatic heterocycles. The summed E-state index contributed by atoms with van der Waals surface area (Å²) in [5, 5.41) is 0. The highest BCUT2D eigenvalue weighted by atomic mass is 35.8. The Morgan fingerprint density at radius 3 is 1.93 bits per heavy atom. The maximum Gasteiger partial charge on any atom is 0.495 e. The zero-order chi connectivity index (χ0) is 20.8. The summed E-state index contributed by atoms with van der Waals surface area (Å²) in [7, 11) is -3.63. The van der Waals surface area contributed by atoms with Crippen molar-refractivity contribution in [2.75, 3.05) is 18.1 Å². The van der Waals surface area contributed by atoms with Gasteiger partial charge in [-0.3, -0.25) is 0 Å². The zero-order valence-electron chi connectivity index (χ0n) is 16.4. The highest BCUT2D eigenvalue weighted by molar-refractivity contribution is 7.80. The second-order valence-electron chi connectivity index (χ2n) is 7.34. The second kappa shape index (κ2) is 16.6. The first-order valence-electron chi connectivity index (χ1n) is 10.0. The molecule has 164 valence electrons. The molecule has 0 bridgehead atoms. The zero-order valence-corrected chi connectivity index (χ0v) is 22.4. The van der Waals surface area contributed by atoms with E-state index in [-0.39, 0.29) is 11.8 Å².